The van der Waals surface area contributed by atoms with E-state index >= 15 is 0 Å². The van der Waals surface area contributed by atoms with E-state index in [9.17, 15) is 4.79 Å². The van der Waals surface area contributed by atoms with Crippen LogP contribution in [0.4, 0.5) is 0 Å². The molecular formula is C6H7BO3S. The summed E-state index contributed by atoms with van der Waals surface area (Å²) in [6.07, 6.45) is 0.698. The summed E-state index contributed by atoms with van der Waals surface area (Å²) in [6, 6.07) is 1.63. The average molecular weight is 170 g/mol. The Morgan fingerprint density at radius 2 is 2.27 bits per heavy atom. The zero-order chi connectivity index (χ0) is 8.43. The van der Waals surface area contributed by atoms with E-state index in [0.29, 0.717) is 15.9 Å². The van der Waals surface area contributed by atoms with Gasteiger partial charge in [-0.1, -0.05) is 0 Å². The van der Waals surface area contributed by atoms with Gasteiger partial charge in [0, 0.05) is 4.78 Å². The van der Waals surface area contributed by atoms with Crippen molar-refractivity contribution in [1.29, 1.82) is 0 Å². The monoisotopic (exact) mass is 170 g/mol. The lowest BCUT2D eigenvalue weighted by atomic mass is 9.87. The smallest absolute Gasteiger partial charge is 0.423 e. The molecule has 1 heterocycles. The lowest BCUT2D eigenvalue weighted by Gasteiger charge is -1.92. The van der Waals surface area contributed by atoms with E-state index in [-0.39, 0.29) is 0 Å². The minimum atomic E-state index is -1.46. The molecule has 0 atom stereocenters. The molecule has 0 spiro atoms. The largest absolute Gasteiger partial charge is 0.499 e. The molecule has 0 fully saturated rings. The zero-order valence-electron chi connectivity index (χ0n) is 5.94. The molecule has 1 rings (SSSR count). The SMILES string of the molecule is Cc1cc(C=O)sc1B(O)O. The molecule has 1 aromatic rings. The molecular weight excluding hydrogens is 163 g/mol. The Morgan fingerprint density at radius 3 is 2.55 bits per heavy atom. The summed E-state index contributed by atoms with van der Waals surface area (Å²) in [6.45, 7) is 1.73. The van der Waals surface area contributed by atoms with E-state index in [1.54, 1.807) is 13.0 Å². The van der Waals surface area contributed by atoms with Crippen LogP contribution < -0.4 is 4.78 Å². The van der Waals surface area contributed by atoms with Crippen LogP contribution in [-0.4, -0.2) is 23.5 Å². The van der Waals surface area contributed by atoms with E-state index in [2.05, 4.69) is 0 Å². The van der Waals surface area contributed by atoms with Crippen molar-refractivity contribution >= 4 is 29.5 Å². The number of aldehydes is 1. The van der Waals surface area contributed by atoms with Crippen LogP contribution in [0.25, 0.3) is 0 Å². The highest BCUT2D eigenvalue weighted by Crippen LogP contribution is 2.08. The number of rotatable bonds is 2. The van der Waals surface area contributed by atoms with Crippen molar-refractivity contribution in [3.05, 3.63) is 16.5 Å². The fourth-order valence-corrected chi connectivity index (χ4v) is 1.70. The van der Waals surface area contributed by atoms with Crippen LogP contribution >= 0.6 is 11.3 Å². The predicted molar refractivity (Wildman–Crippen MR) is 44.3 cm³/mol. The van der Waals surface area contributed by atoms with Crippen molar-refractivity contribution in [3.63, 3.8) is 0 Å². The van der Waals surface area contributed by atoms with Gasteiger partial charge < -0.3 is 10.0 Å². The third-order valence-electron chi connectivity index (χ3n) is 1.33. The van der Waals surface area contributed by atoms with Gasteiger partial charge in [0.1, 0.15) is 0 Å². The lowest BCUT2D eigenvalue weighted by Crippen LogP contribution is -2.28. The Bertz CT molecular complexity index is 269. The molecule has 0 amide bonds. The quantitative estimate of drug-likeness (QED) is 0.466. The third kappa shape index (κ3) is 1.68. The van der Waals surface area contributed by atoms with Gasteiger partial charge in [-0.25, -0.2) is 0 Å². The maximum absolute atomic E-state index is 10.2. The highest BCUT2D eigenvalue weighted by Gasteiger charge is 2.17. The van der Waals surface area contributed by atoms with Crippen LogP contribution in [0.15, 0.2) is 6.07 Å². The first kappa shape index (κ1) is 8.45. The topological polar surface area (TPSA) is 57.5 Å². The molecule has 0 aliphatic heterocycles. The molecule has 2 N–H and O–H groups in total. The first-order valence-corrected chi connectivity index (χ1v) is 3.88. The van der Waals surface area contributed by atoms with Crippen LogP contribution in [0.2, 0.25) is 0 Å². The van der Waals surface area contributed by atoms with Crippen molar-refractivity contribution in [2.45, 2.75) is 6.92 Å². The van der Waals surface area contributed by atoms with Gasteiger partial charge in [-0.05, 0) is 18.6 Å². The Morgan fingerprint density at radius 1 is 1.64 bits per heavy atom. The zero-order valence-corrected chi connectivity index (χ0v) is 6.76. The minimum absolute atomic E-state index is 0.437. The van der Waals surface area contributed by atoms with Crippen LogP contribution in [0.1, 0.15) is 15.2 Å². The van der Waals surface area contributed by atoms with Crippen molar-refractivity contribution < 1.29 is 14.8 Å². The number of carbonyl (C=O) groups excluding carboxylic acids is 1. The number of hydrogen-bond acceptors (Lipinski definition) is 4. The van der Waals surface area contributed by atoms with Crippen molar-refractivity contribution in [2.24, 2.45) is 0 Å². The Balaban J connectivity index is 3.06. The molecule has 0 aromatic carbocycles. The molecule has 0 unspecified atom stereocenters. The summed E-state index contributed by atoms with van der Waals surface area (Å²) in [4.78, 5) is 10.8. The molecule has 3 nitrogen and oxygen atoms in total. The number of hydrogen-bond donors (Lipinski definition) is 2. The molecule has 5 heteroatoms. The normalized spacial score (nSPS) is 9.73. The standard InChI is InChI=1S/C6H7BO3S/c1-4-2-5(3-8)11-6(4)7(9)10/h2-3,9-10H,1H3. The molecule has 58 valence electrons. The van der Waals surface area contributed by atoms with Crippen molar-refractivity contribution in [1.82, 2.24) is 0 Å². The van der Waals surface area contributed by atoms with Crippen LogP contribution in [-0.2, 0) is 0 Å². The van der Waals surface area contributed by atoms with E-state index in [4.69, 9.17) is 10.0 Å². The first-order chi connectivity index (χ1) is 5.15. The summed E-state index contributed by atoms with van der Waals surface area (Å²) in [5.41, 5.74) is 0.743. The van der Waals surface area contributed by atoms with E-state index in [1.807, 2.05) is 0 Å². The van der Waals surface area contributed by atoms with E-state index in [1.165, 1.54) is 0 Å². The second-order valence-electron chi connectivity index (χ2n) is 2.19. The second kappa shape index (κ2) is 3.17. The first-order valence-electron chi connectivity index (χ1n) is 3.07. The number of aryl methyl sites for hydroxylation is 1. The fraction of sp³-hybridized carbons (Fsp3) is 0.167. The molecule has 0 aliphatic rings. The Hall–Kier alpha value is -0.645. The highest BCUT2D eigenvalue weighted by atomic mass is 32.1. The van der Waals surface area contributed by atoms with Crippen LogP contribution in [0, 0.1) is 6.92 Å². The molecule has 1 aromatic heterocycles. The summed E-state index contributed by atoms with van der Waals surface area (Å²) in [5.74, 6) is 0. The lowest BCUT2D eigenvalue weighted by molar-refractivity contribution is 0.112. The van der Waals surface area contributed by atoms with Crippen molar-refractivity contribution in [2.75, 3.05) is 0 Å². The molecule has 0 bridgehead atoms. The average Bonchev–Trinajstić information content (AvgIpc) is 2.30. The van der Waals surface area contributed by atoms with Gasteiger partial charge in [0.15, 0.2) is 6.29 Å². The Labute approximate surface area is 68.4 Å². The predicted octanol–water partition coefficient (Wildman–Crippen LogP) is -0.451. The summed E-state index contributed by atoms with van der Waals surface area (Å²) in [5, 5.41) is 17.5. The molecule has 11 heavy (non-hydrogen) atoms. The van der Waals surface area contributed by atoms with Crippen molar-refractivity contribution in [3.8, 4) is 0 Å². The van der Waals surface area contributed by atoms with Gasteiger partial charge in [-0.2, -0.15) is 0 Å². The van der Waals surface area contributed by atoms with Crippen LogP contribution in [0.5, 0.6) is 0 Å². The fourth-order valence-electron chi connectivity index (χ4n) is 0.836. The number of carbonyl (C=O) groups is 1. The van der Waals surface area contributed by atoms with E-state index < -0.39 is 7.12 Å². The summed E-state index contributed by atoms with van der Waals surface area (Å²) in [7, 11) is -1.46. The van der Waals surface area contributed by atoms with Gasteiger partial charge in [-0.15, -0.1) is 11.3 Å². The van der Waals surface area contributed by atoms with Gasteiger partial charge in [0.05, 0.1) is 4.88 Å². The molecule has 0 aliphatic carbocycles. The second-order valence-corrected chi connectivity index (χ2v) is 3.30. The summed E-state index contributed by atoms with van der Waals surface area (Å²) < 4.78 is 0.437. The van der Waals surface area contributed by atoms with Crippen LogP contribution in [0.3, 0.4) is 0 Å². The van der Waals surface area contributed by atoms with Gasteiger partial charge >= 0.3 is 7.12 Å². The number of thiophene rings is 1. The minimum Gasteiger partial charge on any atom is -0.423 e. The van der Waals surface area contributed by atoms with Gasteiger partial charge in [0.25, 0.3) is 0 Å². The molecule has 0 saturated heterocycles. The Kier molecular flexibility index (Phi) is 2.43. The highest BCUT2D eigenvalue weighted by molar-refractivity contribution is 7.23. The third-order valence-corrected chi connectivity index (χ3v) is 2.53. The van der Waals surface area contributed by atoms with Gasteiger partial charge in [0.2, 0.25) is 0 Å². The maximum Gasteiger partial charge on any atom is 0.499 e. The molecule has 0 saturated carbocycles. The van der Waals surface area contributed by atoms with Gasteiger partial charge in [-0.3, -0.25) is 4.79 Å². The molecule has 0 radical (unpaired) electrons. The maximum atomic E-state index is 10.2. The van der Waals surface area contributed by atoms with E-state index in [0.717, 1.165) is 16.9 Å². The summed E-state index contributed by atoms with van der Waals surface area (Å²) >= 11 is 1.10.